The van der Waals surface area contributed by atoms with Gasteiger partial charge < -0.3 is 5.11 Å². The smallest absolute Gasteiger partial charge is 0.105 e. The second-order valence-electron chi connectivity index (χ2n) is 5.06. The SMILES string of the molecule is Cc1ccccc1C(O)c1ccccc1-c1ccccn1. The Morgan fingerprint density at radius 3 is 2.19 bits per heavy atom. The summed E-state index contributed by atoms with van der Waals surface area (Å²) in [6, 6.07) is 21.6. The van der Waals surface area contributed by atoms with Gasteiger partial charge in [-0.2, -0.15) is 0 Å². The Bertz CT molecular complexity index is 737. The van der Waals surface area contributed by atoms with Crippen molar-refractivity contribution in [1.82, 2.24) is 4.98 Å². The number of nitrogens with zero attached hydrogens (tertiary/aromatic N) is 1. The summed E-state index contributed by atoms with van der Waals surface area (Å²) in [6.45, 7) is 2.02. The first-order valence-corrected chi connectivity index (χ1v) is 7.01. The average molecular weight is 275 g/mol. The van der Waals surface area contributed by atoms with Crippen LogP contribution in [-0.4, -0.2) is 10.1 Å². The predicted molar refractivity (Wildman–Crippen MR) is 84.9 cm³/mol. The fraction of sp³-hybridized carbons (Fsp3) is 0.105. The van der Waals surface area contributed by atoms with Crippen molar-refractivity contribution < 1.29 is 5.11 Å². The van der Waals surface area contributed by atoms with E-state index in [-0.39, 0.29) is 0 Å². The molecule has 2 aromatic carbocycles. The molecule has 3 aromatic rings. The minimum Gasteiger partial charge on any atom is -0.384 e. The molecule has 0 spiro atoms. The molecule has 2 nitrogen and oxygen atoms in total. The minimum absolute atomic E-state index is 0.649. The van der Waals surface area contributed by atoms with Gasteiger partial charge in [-0.05, 0) is 35.7 Å². The Balaban J connectivity index is 2.10. The van der Waals surface area contributed by atoms with E-state index in [0.717, 1.165) is 27.9 Å². The van der Waals surface area contributed by atoms with Gasteiger partial charge in [-0.3, -0.25) is 4.98 Å². The highest BCUT2D eigenvalue weighted by Crippen LogP contribution is 2.31. The number of hydrogen-bond acceptors (Lipinski definition) is 2. The molecule has 3 rings (SSSR count). The van der Waals surface area contributed by atoms with Crippen molar-refractivity contribution in [2.75, 3.05) is 0 Å². The largest absolute Gasteiger partial charge is 0.384 e. The molecule has 0 saturated carbocycles. The molecule has 0 aliphatic rings. The highest BCUT2D eigenvalue weighted by molar-refractivity contribution is 5.65. The standard InChI is InChI=1S/C19H17NO/c1-14-8-2-3-9-15(14)19(21)17-11-5-4-10-16(17)18-12-6-7-13-20-18/h2-13,19,21H,1H3. The molecule has 0 aliphatic heterocycles. The van der Waals surface area contributed by atoms with Crippen molar-refractivity contribution >= 4 is 0 Å². The van der Waals surface area contributed by atoms with Gasteiger partial charge in [0.2, 0.25) is 0 Å². The molecule has 1 atom stereocenters. The summed E-state index contributed by atoms with van der Waals surface area (Å²) in [6.07, 6.45) is 1.12. The first kappa shape index (κ1) is 13.5. The Kier molecular flexibility index (Phi) is 3.80. The molecule has 2 heteroatoms. The molecular formula is C19H17NO. The van der Waals surface area contributed by atoms with Crippen LogP contribution in [-0.2, 0) is 0 Å². The van der Waals surface area contributed by atoms with Crippen LogP contribution in [0.1, 0.15) is 22.8 Å². The van der Waals surface area contributed by atoms with Crippen molar-refractivity contribution in [3.8, 4) is 11.3 Å². The van der Waals surface area contributed by atoms with Crippen molar-refractivity contribution in [3.05, 3.63) is 89.6 Å². The third-order valence-electron chi connectivity index (χ3n) is 3.68. The van der Waals surface area contributed by atoms with Gasteiger partial charge in [-0.1, -0.05) is 54.6 Å². The number of aliphatic hydroxyl groups is 1. The maximum atomic E-state index is 10.8. The van der Waals surface area contributed by atoms with E-state index in [2.05, 4.69) is 4.98 Å². The quantitative estimate of drug-likeness (QED) is 0.779. The third-order valence-corrected chi connectivity index (χ3v) is 3.68. The zero-order valence-corrected chi connectivity index (χ0v) is 11.9. The van der Waals surface area contributed by atoms with E-state index in [1.807, 2.05) is 73.7 Å². The molecule has 1 N–H and O–H groups in total. The van der Waals surface area contributed by atoms with Crippen molar-refractivity contribution in [3.63, 3.8) is 0 Å². The van der Waals surface area contributed by atoms with Crippen LogP contribution in [0, 0.1) is 6.92 Å². The first-order chi connectivity index (χ1) is 10.3. The lowest BCUT2D eigenvalue weighted by molar-refractivity contribution is 0.220. The molecule has 1 aromatic heterocycles. The van der Waals surface area contributed by atoms with E-state index in [9.17, 15) is 5.11 Å². The Hall–Kier alpha value is -2.45. The number of benzene rings is 2. The molecule has 0 bridgehead atoms. The fourth-order valence-corrected chi connectivity index (χ4v) is 2.55. The lowest BCUT2D eigenvalue weighted by Crippen LogP contribution is -2.04. The van der Waals surface area contributed by atoms with E-state index in [0.29, 0.717) is 0 Å². The van der Waals surface area contributed by atoms with E-state index < -0.39 is 6.10 Å². The van der Waals surface area contributed by atoms with Crippen LogP contribution in [0.5, 0.6) is 0 Å². The van der Waals surface area contributed by atoms with Gasteiger partial charge in [0.25, 0.3) is 0 Å². The highest BCUT2D eigenvalue weighted by atomic mass is 16.3. The van der Waals surface area contributed by atoms with Gasteiger partial charge in [-0.25, -0.2) is 0 Å². The average Bonchev–Trinajstić information content (AvgIpc) is 2.55. The summed E-state index contributed by atoms with van der Waals surface area (Å²) in [5, 5.41) is 10.8. The number of aryl methyl sites for hydroxylation is 1. The van der Waals surface area contributed by atoms with Crippen molar-refractivity contribution in [2.45, 2.75) is 13.0 Å². The summed E-state index contributed by atoms with van der Waals surface area (Å²) in [5.41, 5.74) is 4.74. The monoisotopic (exact) mass is 275 g/mol. The van der Waals surface area contributed by atoms with Crippen LogP contribution in [0.15, 0.2) is 72.9 Å². The maximum absolute atomic E-state index is 10.8. The Morgan fingerprint density at radius 1 is 0.810 bits per heavy atom. The summed E-state index contributed by atoms with van der Waals surface area (Å²) >= 11 is 0. The molecule has 1 unspecified atom stereocenters. The van der Waals surface area contributed by atoms with E-state index in [1.54, 1.807) is 6.20 Å². The van der Waals surface area contributed by atoms with Gasteiger partial charge in [0.1, 0.15) is 6.10 Å². The van der Waals surface area contributed by atoms with Gasteiger partial charge in [0.05, 0.1) is 5.69 Å². The van der Waals surface area contributed by atoms with Crippen LogP contribution < -0.4 is 0 Å². The molecular weight excluding hydrogens is 258 g/mol. The van der Waals surface area contributed by atoms with Gasteiger partial charge >= 0.3 is 0 Å². The number of hydrogen-bond donors (Lipinski definition) is 1. The molecule has 21 heavy (non-hydrogen) atoms. The van der Waals surface area contributed by atoms with E-state index in [4.69, 9.17) is 0 Å². The third kappa shape index (κ3) is 2.71. The molecule has 0 radical (unpaired) electrons. The van der Waals surface area contributed by atoms with Crippen LogP contribution in [0.2, 0.25) is 0 Å². The predicted octanol–water partition coefficient (Wildman–Crippen LogP) is 4.14. The number of pyridine rings is 1. The summed E-state index contributed by atoms with van der Waals surface area (Å²) in [7, 11) is 0. The second-order valence-corrected chi connectivity index (χ2v) is 5.06. The van der Waals surface area contributed by atoms with Crippen LogP contribution in [0.25, 0.3) is 11.3 Å². The van der Waals surface area contributed by atoms with Crippen molar-refractivity contribution in [1.29, 1.82) is 0 Å². The minimum atomic E-state index is -0.649. The Labute approximate surface area is 124 Å². The fourth-order valence-electron chi connectivity index (χ4n) is 2.55. The maximum Gasteiger partial charge on any atom is 0.105 e. The Morgan fingerprint density at radius 2 is 1.48 bits per heavy atom. The lowest BCUT2D eigenvalue weighted by Gasteiger charge is -2.17. The van der Waals surface area contributed by atoms with Crippen molar-refractivity contribution in [2.24, 2.45) is 0 Å². The topological polar surface area (TPSA) is 33.1 Å². The van der Waals surface area contributed by atoms with E-state index >= 15 is 0 Å². The normalized spacial score (nSPS) is 12.1. The number of rotatable bonds is 3. The first-order valence-electron chi connectivity index (χ1n) is 7.01. The van der Waals surface area contributed by atoms with E-state index in [1.165, 1.54) is 0 Å². The summed E-state index contributed by atoms with van der Waals surface area (Å²) in [4.78, 5) is 4.40. The van der Waals surface area contributed by atoms with Crippen LogP contribution in [0.3, 0.4) is 0 Å². The van der Waals surface area contributed by atoms with Gasteiger partial charge in [0, 0.05) is 11.8 Å². The van der Waals surface area contributed by atoms with Gasteiger partial charge in [0.15, 0.2) is 0 Å². The van der Waals surface area contributed by atoms with Crippen LogP contribution >= 0.6 is 0 Å². The summed E-state index contributed by atoms with van der Waals surface area (Å²) in [5.74, 6) is 0. The summed E-state index contributed by atoms with van der Waals surface area (Å²) < 4.78 is 0. The molecule has 0 amide bonds. The highest BCUT2D eigenvalue weighted by Gasteiger charge is 2.17. The lowest BCUT2D eigenvalue weighted by atomic mass is 9.93. The molecule has 0 saturated heterocycles. The van der Waals surface area contributed by atoms with Crippen LogP contribution in [0.4, 0.5) is 0 Å². The second kappa shape index (κ2) is 5.90. The number of aromatic nitrogens is 1. The molecule has 0 fully saturated rings. The zero-order chi connectivity index (χ0) is 14.7. The molecule has 0 aliphatic carbocycles. The number of aliphatic hydroxyl groups excluding tert-OH is 1. The molecule has 104 valence electrons. The zero-order valence-electron chi connectivity index (χ0n) is 11.9. The van der Waals surface area contributed by atoms with Gasteiger partial charge in [-0.15, -0.1) is 0 Å². The molecule has 1 heterocycles.